The van der Waals surface area contributed by atoms with Gasteiger partial charge in [0.05, 0.1) is 0 Å². The molecule has 2 N–H and O–H groups in total. The zero-order valence-electron chi connectivity index (χ0n) is 9.56. The maximum Gasteiger partial charge on any atom is 0.0453 e. The fraction of sp³-hybridized carbons (Fsp3) is 0.143. The molecule has 0 aliphatic rings. The Bertz CT molecular complexity index is 499. The summed E-state index contributed by atoms with van der Waals surface area (Å²) in [7, 11) is 0. The second-order valence-electron chi connectivity index (χ2n) is 3.85. The Kier molecular flexibility index (Phi) is 4.13. The number of nitrogens with two attached hydrogens (primary N) is 1. The largest absolute Gasteiger partial charge is 0.398 e. The number of thioether (sulfide) groups is 1. The Labute approximate surface area is 115 Å². The van der Waals surface area contributed by atoms with Gasteiger partial charge >= 0.3 is 0 Å². The topological polar surface area (TPSA) is 26.0 Å². The highest BCUT2D eigenvalue weighted by atomic mass is 79.9. The van der Waals surface area contributed by atoms with Crippen molar-refractivity contribution in [1.29, 1.82) is 0 Å². The third-order valence-corrected chi connectivity index (χ3v) is 4.27. The molecule has 0 aliphatic heterocycles. The summed E-state index contributed by atoms with van der Waals surface area (Å²) < 4.78 is 1.06. The van der Waals surface area contributed by atoms with Crippen molar-refractivity contribution in [2.24, 2.45) is 0 Å². The minimum absolute atomic E-state index is 0.396. The number of rotatable bonds is 3. The van der Waals surface area contributed by atoms with Crippen LogP contribution in [0.2, 0.25) is 0 Å². The minimum Gasteiger partial charge on any atom is -0.398 e. The van der Waals surface area contributed by atoms with E-state index in [1.54, 1.807) is 11.8 Å². The van der Waals surface area contributed by atoms with Crippen molar-refractivity contribution < 1.29 is 0 Å². The molecule has 0 fully saturated rings. The summed E-state index contributed by atoms with van der Waals surface area (Å²) in [6.45, 7) is 2.19. The summed E-state index contributed by atoms with van der Waals surface area (Å²) in [5.74, 6) is 0. The van der Waals surface area contributed by atoms with Crippen molar-refractivity contribution in [3.63, 3.8) is 0 Å². The third-order valence-electron chi connectivity index (χ3n) is 2.55. The van der Waals surface area contributed by atoms with E-state index in [0.717, 1.165) is 15.1 Å². The molecule has 0 spiro atoms. The van der Waals surface area contributed by atoms with Gasteiger partial charge in [0, 0.05) is 20.3 Å². The van der Waals surface area contributed by atoms with Crippen LogP contribution in [0.4, 0.5) is 5.69 Å². The van der Waals surface area contributed by atoms with E-state index in [4.69, 9.17) is 5.73 Å². The van der Waals surface area contributed by atoms with Crippen LogP contribution in [0.25, 0.3) is 0 Å². The zero-order chi connectivity index (χ0) is 12.3. The summed E-state index contributed by atoms with van der Waals surface area (Å²) in [5, 5.41) is 0.396. The summed E-state index contributed by atoms with van der Waals surface area (Å²) in [6.07, 6.45) is 0. The summed E-state index contributed by atoms with van der Waals surface area (Å²) >= 11 is 5.26. The van der Waals surface area contributed by atoms with Crippen molar-refractivity contribution in [2.75, 3.05) is 5.73 Å². The first kappa shape index (κ1) is 12.5. The smallest absolute Gasteiger partial charge is 0.0453 e. The SMILES string of the molecule is CC(Sc1cc(Br)ccc1N)c1ccccc1. The third kappa shape index (κ3) is 3.27. The molecule has 0 amide bonds. The molecule has 88 valence electrons. The normalized spacial score (nSPS) is 12.4. The van der Waals surface area contributed by atoms with Crippen molar-refractivity contribution in [3.05, 3.63) is 58.6 Å². The van der Waals surface area contributed by atoms with Gasteiger partial charge in [-0.05, 0) is 30.7 Å². The summed E-state index contributed by atoms with van der Waals surface area (Å²) in [4.78, 5) is 1.12. The fourth-order valence-electron chi connectivity index (χ4n) is 1.59. The molecule has 2 aromatic rings. The van der Waals surface area contributed by atoms with E-state index in [1.165, 1.54) is 5.56 Å². The maximum atomic E-state index is 5.97. The highest BCUT2D eigenvalue weighted by Crippen LogP contribution is 2.38. The molecule has 3 heteroatoms. The quantitative estimate of drug-likeness (QED) is 0.645. The fourth-order valence-corrected chi connectivity index (χ4v) is 3.18. The molecule has 0 heterocycles. The van der Waals surface area contributed by atoms with E-state index in [-0.39, 0.29) is 0 Å². The van der Waals surface area contributed by atoms with Gasteiger partial charge in [0.15, 0.2) is 0 Å². The molecule has 0 saturated heterocycles. The van der Waals surface area contributed by atoms with E-state index >= 15 is 0 Å². The minimum atomic E-state index is 0.396. The Morgan fingerprint density at radius 1 is 1.12 bits per heavy atom. The summed E-state index contributed by atoms with van der Waals surface area (Å²) in [5.41, 5.74) is 8.12. The lowest BCUT2D eigenvalue weighted by atomic mass is 10.2. The highest BCUT2D eigenvalue weighted by Gasteiger charge is 2.09. The van der Waals surface area contributed by atoms with Gasteiger partial charge in [-0.25, -0.2) is 0 Å². The molecular formula is C14H14BrNS. The molecule has 2 rings (SSSR count). The first-order chi connectivity index (χ1) is 8.16. The predicted molar refractivity (Wildman–Crippen MR) is 79.3 cm³/mol. The lowest BCUT2D eigenvalue weighted by Crippen LogP contribution is -1.92. The van der Waals surface area contributed by atoms with Gasteiger partial charge in [0.2, 0.25) is 0 Å². The van der Waals surface area contributed by atoms with Crippen LogP contribution < -0.4 is 5.73 Å². The number of hydrogen-bond donors (Lipinski definition) is 1. The molecule has 1 nitrogen and oxygen atoms in total. The number of benzene rings is 2. The Hall–Kier alpha value is -0.930. The van der Waals surface area contributed by atoms with Crippen LogP contribution in [-0.4, -0.2) is 0 Å². The second kappa shape index (κ2) is 5.61. The summed E-state index contributed by atoms with van der Waals surface area (Å²) in [6, 6.07) is 16.4. The van der Waals surface area contributed by atoms with Crippen molar-refractivity contribution >= 4 is 33.4 Å². The number of halogens is 1. The van der Waals surface area contributed by atoms with E-state index in [9.17, 15) is 0 Å². The molecule has 17 heavy (non-hydrogen) atoms. The monoisotopic (exact) mass is 307 g/mol. The van der Waals surface area contributed by atoms with Crippen LogP contribution in [0.1, 0.15) is 17.7 Å². The zero-order valence-corrected chi connectivity index (χ0v) is 12.0. The van der Waals surface area contributed by atoms with Crippen LogP contribution in [0, 0.1) is 0 Å². The average molecular weight is 308 g/mol. The molecule has 2 aromatic carbocycles. The van der Waals surface area contributed by atoms with E-state index in [0.29, 0.717) is 5.25 Å². The molecule has 0 aliphatic carbocycles. The predicted octanol–water partition coefficient (Wildman–Crippen LogP) is 4.88. The van der Waals surface area contributed by atoms with Gasteiger partial charge in [-0.2, -0.15) is 0 Å². The Balaban J connectivity index is 2.18. The molecule has 1 unspecified atom stereocenters. The van der Waals surface area contributed by atoms with E-state index in [1.807, 2.05) is 18.2 Å². The Morgan fingerprint density at radius 3 is 2.53 bits per heavy atom. The van der Waals surface area contributed by atoms with Gasteiger partial charge in [-0.3, -0.25) is 0 Å². The molecular weight excluding hydrogens is 294 g/mol. The first-order valence-electron chi connectivity index (χ1n) is 5.43. The van der Waals surface area contributed by atoms with Crippen LogP contribution in [0.3, 0.4) is 0 Å². The molecule has 0 bridgehead atoms. The molecule has 1 atom stereocenters. The van der Waals surface area contributed by atoms with Gasteiger partial charge in [0.25, 0.3) is 0 Å². The van der Waals surface area contributed by atoms with Crippen molar-refractivity contribution in [3.8, 4) is 0 Å². The highest BCUT2D eigenvalue weighted by molar-refractivity contribution is 9.10. The van der Waals surface area contributed by atoms with Crippen LogP contribution in [0.5, 0.6) is 0 Å². The van der Waals surface area contributed by atoms with Crippen LogP contribution >= 0.6 is 27.7 Å². The lowest BCUT2D eigenvalue weighted by Gasteiger charge is -2.13. The lowest BCUT2D eigenvalue weighted by molar-refractivity contribution is 1.10. The Morgan fingerprint density at radius 2 is 1.82 bits per heavy atom. The van der Waals surface area contributed by atoms with Gasteiger partial charge in [-0.1, -0.05) is 46.3 Å². The molecule has 0 saturated carbocycles. The number of nitrogen functional groups attached to an aromatic ring is 1. The number of anilines is 1. The average Bonchev–Trinajstić information content (AvgIpc) is 2.35. The number of hydrogen-bond acceptors (Lipinski definition) is 2. The van der Waals surface area contributed by atoms with Crippen LogP contribution in [0.15, 0.2) is 57.9 Å². The van der Waals surface area contributed by atoms with Gasteiger partial charge in [-0.15, -0.1) is 11.8 Å². The second-order valence-corrected chi connectivity index (χ2v) is 6.15. The van der Waals surface area contributed by atoms with Crippen molar-refractivity contribution in [2.45, 2.75) is 17.1 Å². The van der Waals surface area contributed by atoms with Gasteiger partial charge in [0.1, 0.15) is 0 Å². The first-order valence-corrected chi connectivity index (χ1v) is 7.10. The molecule has 0 radical (unpaired) electrons. The van der Waals surface area contributed by atoms with Crippen LogP contribution in [-0.2, 0) is 0 Å². The van der Waals surface area contributed by atoms with Gasteiger partial charge < -0.3 is 5.73 Å². The van der Waals surface area contributed by atoms with E-state index < -0.39 is 0 Å². The van der Waals surface area contributed by atoms with E-state index in [2.05, 4.69) is 53.2 Å². The maximum absolute atomic E-state index is 5.97. The molecule has 0 aromatic heterocycles. The standard InChI is InChI=1S/C14H14BrNS/c1-10(11-5-3-2-4-6-11)17-14-9-12(15)7-8-13(14)16/h2-10H,16H2,1H3. The van der Waals surface area contributed by atoms with Crippen molar-refractivity contribution in [1.82, 2.24) is 0 Å².